The van der Waals surface area contributed by atoms with Gasteiger partial charge in [-0.15, -0.1) is 0 Å². The first-order chi connectivity index (χ1) is 16.7. The van der Waals surface area contributed by atoms with Crippen LogP contribution in [0.4, 0.5) is 10.1 Å². The number of allylic oxidation sites excluding steroid dienone is 4. The number of aromatic hydroxyl groups is 1. The summed E-state index contributed by atoms with van der Waals surface area (Å²) >= 11 is 0. The zero-order valence-electron chi connectivity index (χ0n) is 20.9. The van der Waals surface area contributed by atoms with E-state index in [1.807, 2.05) is 20.8 Å². The molecule has 35 heavy (non-hydrogen) atoms. The van der Waals surface area contributed by atoms with Crippen LogP contribution >= 0.6 is 0 Å². The van der Waals surface area contributed by atoms with Gasteiger partial charge in [0.15, 0.2) is 0 Å². The summed E-state index contributed by atoms with van der Waals surface area (Å²) in [4.78, 5) is 16.3. The highest BCUT2D eigenvalue weighted by Gasteiger charge is 2.25. The number of rotatable bonds is 11. The van der Waals surface area contributed by atoms with E-state index in [2.05, 4.69) is 41.3 Å². The van der Waals surface area contributed by atoms with Crippen molar-refractivity contribution in [3.8, 4) is 5.75 Å². The van der Waals surface area contributed by atoms with E-state index in [9.17, 15) is 14.3 Å². The van der Waals surface area contributed by atoms with Gasteiger partial charge in [0.1, 0.15) is 23.5 Å². The van der Waals surface area contributed by atoms with Gasteiger partial charge in [-0.25, -0.2) is 9.38 Å². The topological polar surface area (TPSA) is 103 Å². The third kappa shape index (κ3) is 8.10. The van der Waals surface area contributed by atoms with Gasteiger partial charge in [-0.2, -0.15) is 0 Å². The molecule has 0 unspecified atom stereocenters. The number of aliphatic imine (C=N–C) groups is 1. The summed E-state index contributed by atoms with van der Waals surface area (Å²) in [6, 6.07) is 2.04. The van der Waals surface area contributed by atoms with E-state index in [-0.39, 0.29) is 42.1 Å². The van der Waals surface area contributed by atoms with Crippen LogP contribution in [0.15, 0.2) is 64.2 Å². The predicted octanol–water partition coefficient (Wildman–Crippen LogP) is 5.35. The number of aliphatic hydroxyl groups excluding tert-OH is 1. The Bertz CT molecular complexity index is 1060. The fourth-order valence-electron chi connectivity index (χ4n) is 3.68. The van der Waals surface area contributed by atoms with Crippen molar-refractivity contribution in [2.45, 2.75) is 59.5 Å². The molecule has 190 valence electrons. The Balaban J connectivity index is 2.01. The Kier molecular flexibility index (Phi) is 10.7. The first-order valence-corrected chi connectivity index (χ1v) is 11.8. The molecule has 0 heterocycles. The quantitative estimate of drug-likeness (QED) is 0.146. The van der Waals surface area contributed by atoms with Gasteiger partial charge in [-0.3, -0.25) is 4.79 Å². The number of ether oxygens (including phenoxy) is 1. The Morgan fingerprint density at radius 1 is 1.31 bits per heavy atom. The molecule has 0 spiro atoms. The summed E-state index contributed by atoms with van der Waals surface area (Å²) in [5.74, 6) is -0.870. The zero-order valence-corrected chi connectivity index (χ0v) is 20.9. The van der Waals surface area contributed by atoms with Crippen molar-refractivity contribution in [1.82, 2.24) is 5.32 Å². The standard InChI is InChI=1S/C27H36FN3O4/c1-6-9-21-13-22(12-20(21)7-2)35-18(4)17(3)16-30-19(5)31-25-15-24(28)23(14-26(25)33)27(34)29-10-8-11-32/h7,9,14-16,22,31-33H,5-6,8,10-13H2,1-4H3,(H,29,34)/b18-17+,20-7-,21-9-,30-16-/t22-/m1/s1. The number of carbonyl (C=O) groups is 1. The molecule has 0 aromatic heterocycles. The maximum absolute atomic E-state index is 14.4. The van der Waals surface area contributed by atoms with Gasteiger partial charge >= 0.3 is 0 Å². The number of nitrogens with zero attached hydrogens (tertiary/aromatic N) is 1. The van der Waals surface area contributed by atoms with Gasteiger partial charge < -0.3 is 25.6 Å². The summed E-state index contributed by atoms with van der Waals surface area (Å²) in [5.41, 5.74) is 3.22. The van der Waals surface area contributed by atoms with Crippen molar-refractivity contribution in [2.75, 3.05) is 18.5 Å². The number of phenolic OH excluding ortho intramolecular Hbond substituents is 1. The maximum atomic E-state index is 14.4. The molecule has 0 bridgehead atoms. The molecule has 0 aliphatic heterocycles. The van der Waals surface area contributed by atoms with E-state index < -0.39 is 11.7 Å². The molecule has 1 atom stereocenters. The monoisotopic (exact) mass is 485 g/mol. The Labute approximate surface area is 206 Å². The minimum Gasteiger partial charge on any atom is -0.506 e. The summed E-state index contributed by atoms with van der Waals surface area (Å²) in [7, 11) is 0. The first kappa shape index (κ1) is 27.9. The number of anilines is 1. The number of aliphatic hydroxyl groups is 1. The second kappa shape index (κ2) is 13.5. The van der Waals surface area contributed by atoms with Crippen LogP contribution in [0.1, 0.15) is 63.7 Å². The number of amides is 1. The van der Waals surface area contributed by atoms with E-state index in [0.29, 0.717) is 6.42 Å². The number of phenols is 1. The van der Waals surface area contributed by atoms with Crippen LogP contribution in [-0.4, -0.2) is 41.6 Å². The normalized spacial score (nSPS) is 18.7. The lowest BCUT2D eigenvalue weighted by Gasteiger charge is -2.14. The zero-order chi connectivity index (χ0) is 26.0. The lowest BCUT2D eigenvalue weighted by Crippen LogP contribution is -2.26. The summed E-state index contributed by atoms with van der Waals surface area (Å²) in [6.07, 6.45) is 9.16. The van der Waals surface area contributed by atoms with Gasteiger partial charge in [-0.05, 0) is 50.8 Å². The molecule has 1 amide bonds. The third-order valence-electron chi connectivity index (χ3n) is 5.65. The number of carbonyl (C=O) groups excluding carboxylic acids is 1. The number of hydrogen-bond donors (Lipinski definition) is 4. The van der Waals surface area contributed by atoms with Crippen molar-refractivity contribution < 1.29 is 24.1 Å². The average molecular weight is 486 g/mol. The smallest absolute Gasteiger partial charge is 0.254 e. The van der Waals surface area contributed by atoms with Crippen molar-refractivity contribution >= 4 is 17.8 Å². The second-order valence-corrected chi connectivity index (χ2v) is 8.35. The summed E-state index contributed by atoms with van der Waals surface area (Å²) in [6.45, 7) is 11.8. The predicted molar refractivity (Wildman–Crippen MR) is 138 cm³/mol. The van der Waals surface area contributed by atoms with E-state index in [0.717, 1.165) is 42.7 Å². The molecule has 1 aliphatic carbocycles. The highest BCUT2D eigenvalue weighted by Crippen LogP contribution is 2.34. The molecule has 4 N–H and O–H groups in total. The molecule has 1 aromatic carbocycles. The van der Waals surface area contributed by atoms with Crippen molar-refractivity contribution in [3.63, 3.8) is 0 Å². The van der Waals surface area contributed by atoms with Crippen molar-refractivity contribution in [1.29, 1.82) is 0 Å². The van der Waals surface area contributed by atoms with Gasteiger partial charge in [0.25, 0.3) is 5.91 Å². The van der Waals surface area contributed by atoms with Crippen LogP contribution in [0, 0.1) is 5.82 Å². The molecular formula is C27H36FN3O4. The van der Waals surface area contributed by atoms with E-state index >= 15 is 0 Å². The van der Waals surface area contributed by atoms with Gasteiger partial charge in [-0.1, -0.05) is 25.7 Å². The molecule has 0 saturated heterocycles. The number of hydrogen-bond acceptors (Lipinski definition) is 6. The fourth-order valence-corrected chi connectivity index (χ4v) is 3.68. The molecule has 8 heteroatoms. The highest BCUT2D eigenvalue weighted by atomic mass is 19.1. The fraction of sp³-hybridized carbons (Fsp3) is 0.407. The molecule has 1 aromatic rings. The minimum atomic E-state index is -0.808. The minimum absolute atomic E-state index is 0.0336. The second-order valence-electron chi connectivity index (χ2n) is 8.35. The summed E-state index contributed by atoms with van der Waals surface area (Å²) in [5, 5.41) is 24.2. The molecule has 7 nitrogen and oxygen atoms in total. The number of nitrogens with one attached hydrogen (secondary N) is 2. The SMILES string of the molecule is C=C(/N=C\C(C)=C(/C)O[C@@H]1CC(=C/C)/C(=C\CC)C1)Nc1cc(F)c(C(=O)NCCCO)cc1O. The Morgan fingerprint density at radius 2 is 2.03 bits per heavy atom. The molecule has 2 rings (SSSR count). The number of halogens is 1. The first-order valence-electron chi connectivity index (χ1n) is 11.8. The lowest BCUT2D eigenvalue weighted by atomic mass is 10.1. The Morgan fingerprint density at radius 3 is 2.69 bits per heavy atom. The van der Waals surface area contributed by atoms with E-state index in [1.54, 1.807) is 6.21 Å². The molecule has 0 radical (unpaired) electrons. The van der Waals surface area contributed by atoms with Crippen LogP contribution < -0.4 is 10.6 Å². The Hall–Kier alpha value is -3.39. The molecule has 1 fully saturated rings. The van der Waals surface area contributed by atoms with Crippen molar-refractivity contribution in [2.24, 2.45) is 4.99 Å². The van der Waals surface area contributed by atoms with E-state index in [1.165, 1.54) is 11.1 Å². The van der Waals surface area contributed by atoms with Crippen LogP contribution in [0.2, 0.25) is 0 Å². The van der Waals surface area contributed by atoms with E-state index in [4.69, 9.17) is 9.84 Å². The molecule has 1 saturated carbocycles. The largest absolute Gasteiger partial charge is 0.506 e. The summed E-state index contributed by atoms with van der Waals surface area (Å²) < 4.78 is 20.6. The number of benzene rings is 1. The van der Waals surface area contributed by atoms with Crippen molar-refractivity contribution in [3.05, 3.63) is 70.5 Å². The van der Waals surface area contributed by atoms with Gasteiger partial charge in [0, 0.05) is 43.8 Å². The van der Waals surface area contributed by atoms with Crippen LogP contribution in [-0.2, 0) is 4.74 Å². The van der Waals surface area contributed by atoms with Gasteiger partial charge in [0.05, 0.1) is 17.0 Å². The van der Waals surface area contributed by atoms with Crippen LogP contribution in [0.3, 0.4) is 0 Å². The third-order valence-corrected chi connectivity index (χ3v) is 5.65. The maximum Gasteiger partial charge on any atom is 0.254 e. The highest BCUT2D eigenvalue weighted by molar-refractivity contribution is 5.95. The average Bonchev–Trinajstić information content (AvgIpc) is 3.21. The van der Waals surface area contributed by atoms with Crippen LogP contribution in [0.5, 0.6) is 5.75 Å². The lowest BCUT2D eigenvalue weighted by molar-refractivity contribution is 0.0946. The molecular weight excluding hydrogens is 449 g/mol. The molecule has 1 aliphatic rings. The van der Waals surface area contributed by atoms with Crippen LogP contribution in [0.25, 0.3) is 0 Å². The van der Waals surface area contributed by atoms with Gasteiger partial charge in [0.2, 0.25) is 0 Å².